The number of piperidine rings is 1. The van der Waals surface area contributed by atoms with Gasteiger partial charge in [-0.25, -0.2) is 4.98 Å². The number of aromatic nitrogens is 1. The lowest BCUT2D eigenvalue weighted by Gasteiger charge is -2.32. The Morgan fingerprint density at radius 1 is 1.16 bits per heavy atom. The van der Waals surface area contributed by atoms with Crippen molar-refractivity contribution in [3.05, 3.63) is 51.5 Å². The smallest absolute Gasteiger partial charge is 0.190 e. The molecule has 1 aromatic heterocycles. The molecular weight excluding hydrogens is 533 g/mol. The Morgan fingerprint density at radius 3 is 2.53 bits per heavy atom. The quantitative estimate of drug-likeness (QED) is 0.194. The number of aryl methyl sites for hydroxylation is 2. The Kier molecular flexibility index (Phi) is 12.5. The molecule has 1 saturated heterocycles. The van der Waals surface area contributed by atoms with Crippen LogP contribution < -0.4 is 10.6 Å². The molecule has 0 radical (unpaired) electrons. The van der Waals surface area contributed by atoms with Crippen LogP contribution in [0, 0.1) is 13.8 Å². The van der Waals surface area contributed by atoms with Gasteiger partial charge in [0.15, 0.2) is 5.96 Å². The van der Waals surface area contributed by atoms with Crippen LogP contribution in [0.4, 0.5) is 0 Å². The van der Waals surface area contributed by atoms with E-state index in [4.69, 9.17) is 4.74 Å². The summed E-state index contributed by atoms with van der Waals surface area (Å²) in [6.45, 7) is 9.95. The van der Waals surface area contributed by atoms with Crippen LogP contribution in [0.15, 0.2) is 35.3 Å². The van der Waals surface area contributed by atoms with Gasteiger partial charge >= 0.3 is 0 Å². The molecule has 6 nitrogen and oxygen atoms in total. The Labute approximate surface area is 214 Å². The van der Waals surface area contributed by atoms with Gasteiger partial charge in [0.1, 0.15) is 0 Å². The molecule has 1 fully saturated rings. The second-order valence-corrected chi connectivity index (χ2v) is 9.39. The number of ether oxygens (including phenoxy) is 1. The zero-order valence-electron chi connectivity index (χ0n) is 19.6. The molecule has 2 N–H and O–H groups in total. The van der Waals surface area contributed by atoms with Gasteiger partial charge in [0.2, 0.25) is 0 Å². The summed E-state index contributed by atoms with van der Waals surface area (Å²) < 4.78 is 6.12. The molecule has 0 spiro atoms. The second kappa shape index (κ2) is 14.8. The standard InChI is InChI=1S/C24H37N5OS.HI/c1-19-23(31-20(2)28-19)10-14-27-24(25-3)26-13-7-17-30-22-11-15-29(16-12-22)18-21-8-5-4-6-9-21;/h4-6,8-9,22H,7,10-18H2,1-3H3,(H2,25,26,27);1H. The lowest BCUT2D eigenvalue weighted by molar-refractivity contribution is 0.00534. The molecule has 178 valence electrons. The van der Waals surface area contributed by atoms with Gasteiger partial charge in [-0.2, -0.15) is 0 Å². The van der Waals surface area contributed by atoms with E-state index in [1.54, 1.807) is 11.3 Å². The summed E-state index contributed by atoms with van der Waals surface area (Å²) in [4.78, 5) is 12.7. The predicted molar refractivity (Wildman–Crippen MR) is 145 cm³/mol. The minimum absolute atomic E-state index is 0. The van der Waals surface area contributed by atoms with E-state index in [0.717, 1.165) is 81.7 Å². The van der Waals surface area contributed by atoms with Gasteiger partial charge in [-0.3, -0.25) is 9.89 Å². The summed E-state index contributed by atoms with van der Waals surface area (Å²) >= 11 is 1.78. The van der Waals surface area contributed by atoms with E-state index in [2.05, 4.69) is 69.7 Å². The fourth-order valence-corrected chi connectivity index (χ4v) is 4.86. The van der Waals surface area contributed by atoms with E-state index in [9.17, 15) is 0 Å². The highest BCUT2D eigenvalue weighted by atomic mass is 127. The molecule has 0 atom stereocenters. The number of hydrogen-bond donors (Lipinski definition) is 2. The van der Waals surface area contributed by atoms with Crippen LogP contribution in [0.2, 0.25) is 0 Å². The number of benzene rings is 1. The molecule has 0 bridgehead atoms. The molecule has 0 aliphatic carbocycles. The van der Waals surface area contributed by atoms with Gasteiger partial charge < -0.3 is 15.4 Å². The molecule has 8 heteroatoms. The molecule has 0 unspecified atom stereocenters. The van der Waals surface area contributed by atoms with Crippen LogP contribution in [0.5, 0.6) is 0 Å². The number of aliphatic imine (C=N–C) groups is 1. The predicted octanol–water partition coefficient (Wildman–Crippen LogP) is 4.16. The molecule has 0 amide bonds. The van der Waals surface area contributed by atoms with Gasteiger partial charge in [0.05, 0.1) is 16.8 Å². The first-order valence-electron chi connectivity index (χ1n) is 11.4. The van der Waals surface area contributed by atoms with Crippen molar-refractivity contribution in [2.24, 2.45) is 4.99 Å². The Morgan fingerprint density at radius 2 is 1.88 bits per heavy atom. The number of thiazole rings is 1. The minimum Gasteiger partial charge on any atom is -0.378 e. The summed E-state index contributed by atoms with van der Waals surface area (Å²) in [6.07, 6.45) is 4.61. The van der Waals surface area contributed by atoms with E-state index in [1.165, 1.54) is 10.4 Å². The molecule has 32 heavy (non-hydrogen) atoms. The fourth-order valence-electron chi connectivity index (χ4n) is 3.93. The van der Waals surface area contributed by atoms with E-state index in [-0.39, 0.29) is 24.0 Å². The number of guanidine groups is 1. The Hall–Kier alpha value is -1.23. The van der Waals surface area contributed by atoms with Gasteiger partial charge in [0.25, 0.3) is 0 Å². The van der Waals surface area contributed by atoms with Gasteiger partial charge in [-0.1, -0.05) is 30.3 Å². The van der Waals surface area contributed by atoms with Crippen LogP contribution in [0.3, 0.4) is 0 Å². The zero-order valence-corrected chi connectivity index (χ0v) is 22.7. The SMILES string of the molecule is CN=C(NCCCOC1CCN(Cc2ccccc2)CC1)NCCc1sc(C)nc1C.I. The van der Waals surface area contributed by atoms with Crippen molar-refractivity contribution in [1.82, 2.24) is 20.5 Å². The number of rotatable bonds is 10. The third kappa shape index (κ3) is 9.33. The highest BCUT2D eigenvalue weighted by Gasteiger charge is 2.19. The topological polar surface area (TPSA) is 61.8 Å². The van der Waals surface area contributed by atoms with Gasteiger partial charge in [0, 0.05) is 57.7 Å². The van der Waals surface area contributed by atoms with E-state index in [0.29, 0.717) is 6.10 Å². The van der Waals surface area contributed by atoms with E-state index < -0.39 is 0 Å². The largest absolute Gasteiger partial charge is 0.378 e. The monoisotopic (exact) mass is 571 g/mol. The summed E-state index contributed by atoms with van der Waals surface area (Å²) in [5.74, 6) is 0.855. The third-order valence-corrected chi connectivity index (χ3v) is 6.75. The van der Waals surface area contributed by atoms with Crippen molar-refractivity contribution in [2.75, 3.05) is 39.8 Å². The average Bonchev–Trinajstić information content (AvgIpc) is 3.11. The summed E-state index contributed by atoms with van der Waals surface area (Å²) in [5, 5.41) is 7.91. The van der Waals surface area contributed by atoms with E-state index >= 15 is 0 Å². The highest BCUT2D eigenvalue weighted by Crippen LogP contribution is 2.17. The first kappa shape index (κ1) is 27.0. The molecule has 3 rings (SSSR count). The number of halogens is 1. The van der Waals surface area contributed by atoms with Crippen LogP contribution in [-0.4, -0.2) is 61.8 Å². The van der Waals surface area contributed by atoms with Crippen molar-refractivity contribution < 1.29 is 4.74 Å². The summed E-state index contributed by atoms with van der Waals surface area (Å²) in [7, 11) is 1.82. The van der Waals surface area contributed by atoms with Crippen LogP contribution in [0.1, 0.15) is 40.4 Å². The van der Waals surface area contributed by atoms with Crippen molar-refractivity contribution in [1.29, 1.82) is 0 Å². The van der Waals surface area contributed by atoms with Crippen molar-refractivity contribution in [2.45, 2.75) is 52.2 Å². The van der Waals surface area contributed by atoms with Gasteiger partial charge in [-0.05, 0) is 38.7 Å². The van der Waals surface area contributed by atoms with Crippen LogP contribution >= 0.6 is 35.3 Å². The molecular formula is C24H38IN5OS. The first-order chi connectivity index (χ1) is 15.1. The first-order valence-corrected chi connectivity index (χ1v) is 12.2. The third-order valence-electron chi connectivity index (χ3n) is 5.62. The number of nitrogens with one attached hydrogen (secondary N) is 2. The molecule has 2 heterocycles. The minimum atomic E-state index is 0. The Balaban J connectivity index is 0.00000363. The summed E-state index contributed by atoms with van der Waals surface area (Å²) in [6, 6.07) is 10.7. The highest BCUT2D eigenvalue weighted by molar-refractivity contribution is 14.0. The fraction of sp³-hybridized carbons (Fsp3) is 0.583. The average molecular weight is 572 g/mol. The maximum atomic E-state index is 6.12. The van der Waals surface area contributed by atoms with Crippen LogP contribution in [-0.2, 0) is 17.7 Å². The summed E-state index contributed by atoms with van der Waals surface area (Å²) in [5.41, 5.74) is 2.54. The molecule has 1 aromatic carbocycles. The lowest BCUT2D eigenvalue weighted by Crippen LogP contribution is -2.39. The molecule has 2 aromatic rings. The molecule has 1 aliphatic heterocycles. The van der Waals surface area contributed by atoms with Gasteiger partial charge in [-0.15, -0.1) is 35.3 Å². The zero-order chi connectivity index (χ0) is 21.9. The second-order valence-electron chi connectivity index (χ2n) is 8.10. The molecule has 1 aliphatic rings. The van der Waals surface area contributed by atoms with Crippen LogP contribution in [0.25, 0.3) is 0 Å². The number of nitrogens with zero attached hydrogens (tertiary/aromatic N) is 3. The van der Waals surface area contributed by atoms with Crippen molar-refractivity contribution in [3.63, 3.8) is 0 Å². The Bertz CT molecular complexity index is 806. The number of hydrogen-bond acceptors (Lipinski definition) is 5. The maximum Gasteiger partial charge on any atom is 0.190 e. The van der Waals surface area contributed by atoms with Crippen molar-refractivity contribution in [3.8, 4) is 0 Å². The normalized spacial score (nSPS) is 15.4. The molecule has 0 saturated carbocycles. The maximum absolute atomic E-state index is 6.12. The van der Waals surface area contributed by atoms with E-state index in [1.807, 2.05) is 7.05 Å². The lowest BCUT2D eigenvalue weighted by atomic mass is 10.1. The number of likely N-dealkylation sites (tertiary alicyclic amines) is 1. The van der Waals surface area contributed by atoms with Crippen molar-refractivity contribution >= 4 is 41.3 Å².